The number of hydrogen-bond acceptors (Lipinski definition) is 6. The Kier molecular flexibility index (Phi) is 6.40. The van der Waals surface area contributed by atoms with Gasteiger partial charge in [0.05, 0.1) is 17.7 Å². The molecule has 2 aromatic carbocycles. The predicted molar refractivity (Wildman–Crippen MR) is 114 cm³/mol. The molecule has 0 aliphatic rings. The lowest BCUT2D eigenvalue weighted by Crippen LogP contribution is -2.14. The van der Waals surface area contributed by atoms with Gasteiger partial charge in [-0.2, -0.15) is 13.2 Å². The van der Waals surface area contributed by atoms with Gasteiger partial charge in [-0.25, -0.2) is 14.4 Å². The lowest BCUT2D eigenvalue weighted by atomic mass is 10.0. The molecular formula is C22H14F4N4O2S. The summed E-state index contributed by atoms with van der Waals surface area (Å²) in [7, 11) is 0. The molecule has 0 bridgehead atoms. The van der Waals surface area contributed by atoms with Crippen LogP contribution in [0.1, 0.15) is 5.56 Å². The van der Waals surface area contributed by atoms with Gasteiger partial charge in [-0.3, -0.25) is 10.1 Å². The topological polar surface area (TPSA) is 80.9 Å². The normalized spacial score (nSPS) is 11.4. The third-order valence-electron chi connectivity index (χ3n) is 4.40. The van der Waals surface area contributed by atoms with Crippen LogP contribution >= 0.6 is 11.8 Å². The minimum atomic E-state index is -4.43. The molecule has 1 N–H and O–H groups in total. The van der Waals surface area contributed by atoms with E-state index in [1.54, 1.807) is 12.1 Å². The van der Waals surface area contributed by atoms with Crippen LogP contribution in [-0.2, 0) is 11.2 Å². The number of hydrogen-bond donors (Lipinski definition) is 1. The molecule has 1 amide bonds. The van der Waals surface area contributed by atoms with E-state index in [0.717, 1.165) is 0 Å². The molecule has 0 saturated carbocycles. The lowest BCUT2D eigenvalue weighted by molar-refractivity contribution is -0.115. The number of aromatic nitrogens is 3. The fraction of sp³-hybridized carbons (Fsp3) is 0.0909. The van der Waals surface area contributed by atoms with E-state index in [-0.39, 0.29) is 29.0 Å². The number of carbonyl (C=O) groups is 1. The van der Waals surface area contributed by atoms with Gasteiger partial charge < -0.3 is 4.52 Å². The van der Waals surface area contributed by atoms with Crippen LogP contribution in [0.5, 0.6) is 0 Å². The number of nitrogens with zero attached hydrogens (tertiary/aromatic N) is 3. The van der Waals surface area contributed by atoms with Gasteiger partial charge >= 0.3 is 5.51 Å². The van der Waals surface area contributed by atoms with Crippen molar-refractivity contribution in [1.29, 1.82) is 0 Å². The first-order valence-electron chi connectivity index (χ1n) is 9.45. The maximum absolute atomic E-state index is 13.3. The second kappa shape index (κ2) is 9.41. The standard InChI is InChI=1S/C22H14F4N4O2S/c23-15-6-4-14(5-7-15)20-19(17-8-9-27-12-28-17)21(32-30-20)29-18(31)11-13-2-1-3-16(10-13)33-22(24,25)26/h1-10,12H,11H2,(H,29,31). The summed E-state index contributed by atoms with van der Waals surface area (Å²) >= 11 is -0.253. The molecule has 168 valence electrons. The average Bonchev–Trinajstić information content (AvgIpc) is 3.17. The number of amides is 1. The zero-order valence-electron chi connectivity index (χ0n) is 16.6. The summed E-state index contributed by atoms with van der Waals surface area (Å²) in [5.74, 6) is -0.953. The summed E-state index contributed by atoms with van der Waals surface area (Å²) in [6.07, 6.45) is 2.62. The highest BCUT2D eigenvalue weighted by molar-refractivity contribution is 8.00. The van der Waals surface area contributed by atoms with Gasteiger partial charge in [0, 0.05) is 16.7 Å². The van der Waals surface area contributed by atoms with Gasteiger partial charge in [-0.1, -0.05) is 17.3 Å². The van der Waals surface area contributed by atoms with E-state index < -0.39 is 17.2 Å². The second-order valence-corrected chi connectivity index (χ2v) is 7.90. The number of thioether (sulfide) groups is 1. The molecule has 0 aliphatic heterocycles. The fourth-order valence-electron chi connectivity index (χ4n) is 3.07. The van der Waals surface area contributed by atoms with Gasteiger partial charge in [-0.05, 0) is 59.8 Å². The number of anilines is 1. The van der Waals surface area contributed by atoms with Crippen molar-refractivity contribution in [3.8, 4) is 22.5 Å². The Morgan fingerprint density at radius 3 is 2.58 bits per heavy atom. The third kappa shape index (κ3) is 5.75. The van der Waals surface area contributed by atoms with Crippen molar-refractivity contribution < 1.29 is 26.9 Å². The van der Waals surface area contributed by atoms with Gasteiger partial charge in [0.1, 0.15) is 17.8 Å². The number of rotatable bonds is 6. The van der Waals surface area contributed by atoms with Crippen LogP contribution in [0, 0.1) is 5.82 Å². The van der Waals surface area contributed by atoms with Gasteiger partial charge in [0.2, 0.25) is 11.8 Å². The molecular weight excluding hydrogens is 460 g/mol. The fourth-order valence-corrected chi connectivity index (χ4v) is 3.69. The summed E-state index contributed by atoms with van der Waals surface area (Å²) in [5, 5.41) is 6.60. The molecule has 2 aromatic heterocycles. The first-order chi connectivity index (χ1) is 15.8. The van der Waals surface area contributed by atoms with Crippen LogP contribution in [0.15, 0.2) is 76.5 Å². The van der Waals surface area contributed by atoms with Crippen LogP contribution < -0.4 is 5.32 Å². The second-order valence-electron chi connectivity index (χ2n) is 6.76. The highest BCUT2D eigenvalue weighted by Crippen LogP contribution is 2.38. The molecule has 0 aliphatic carbocycles. The van der Waals surface area contributed by atoms with Gasteiger partial charge in [0.25, 0.3) is 0 Å². The monoisotopic (exact) mass is 474 g/mol. The highest BCUT2D eigenvalue weighted by Gasteiger charge is 2.29. The number of nitrogens with one attached hydrogen (secondary N) is 1. The van der Waals surface area contributed by atoms with Crippen molar-refractivity contribution in [3.05, 3.63) is 78.5 Å². The summed E-state index contributed by atoms with van der Waals surface area (Å²) in [6, 6.07) is 12.7. The Bertz CT molecular complexity index is 1260. The van der Waals surface area contributed by atoms with Crippen LogP contribution in [0.25, 0.3) is 22.5 Å². The maximum Gasteiger partial charge on any atom is 0.446 e. The first-order valence-corrected chi connectivity index (χ1v) is 10.3. The molecule has 0 radical (unpaired) electrons. The zero-order valence-corrected chi connectivity index (χ0v) is 17.5. The van der Waals surface area contributed by atoms with Gasteiger partial charge in [-0.15, -0.1) is 0 Å². The summed E-state index contributed by atoms with van der Waals surface area (Å²) in [5.41, 5.74) is -2.41. The average molecular weight is 474 g/mol. The van der Waals surface area contributed by atoms with Crippen LogP contribution in [0.3, 0.4) is 0 Å². The summed E-state index contributed by atoms with van der Waals surface area (Å²) in [4.78, 5) is 20.7. The number of carbonyl (C=O) groups excluding carboxylic acids is 1. The Labute approximate surface area is 189 Å². The summed E-state index contributed by atoms with van der Waals surface area (Å²) in [6.45, 7) is 0. The van der Waals surface area contributed by atoms with E-state index in [2.05, 4.69) is 20.4 Å². The van der Waals surface area contributed by atoms with Crippen LogP contribution in [-0.4, -0.2) is 26.5 Å². The number of halogens is 4. The lowest BCUT2D eigenvalue weighted by Gasteiger charge is -2.08. The largest absolute Gasteiger partial charge is 0.446 e. The van der Waals surface area contributed by atoms with Crippen molar-refractivity contribution in [1.82, 2.24) is 15.1 Å². The molecule has 6 nitrogen and oxygen atoms in total. The van der Waals surface area contributed by atoms with Crippen molar-refractivity contribution >= 4 is 23.6 Å². The summed E-state index contributed by atoms with van der Waals surface area (Å²) < 4.78 is 56.6. The Balaban J connectivity index is 1.60. The van der Waals surface area contributed by atoms with E-state index >= 15 is 0 Å². The van der Waals surface area contributed by atoms with E-state index in [1.165, 1.54) is 55.0 Å². The van der Waals surface area contributed by atoms with Crippen molar-refractivity contribution in [2.75, 3.05) is 5.32 Å². The molecule has 0 unspecified atom stereocenters. The SMILES string of the molecule is O=C(Cc1cccc(SC(F)(F)F)c1)Nc1onc(-c2ccc(F)cc2)c1-c1ccncn1. The maximum atomic E-state index is 13.3. The Hall–Kier alpha value is -3.73. The molecule has 0 atom stereocenters. The van der Waals surface area contributed by atoms with Crippen LogP contribution in [0.4, 0.5) is 23.4 Å². The Morgan fingerprint density at radius 1 is 1.09 bits per heavy atom. The third-order valence-corrected chi connectivity index (χ3v) is 5.12. The number of alkyl halides is 3. The van der Waals surface area contributed by atoms with Crippen LogP contribution in [0.2, 0.25) is 0 Å². The van der Waals surface area contributed by atoms with E-state index in [9.17, 15) is 22.4 Å². The molecule has 0 fully saturated rings. The molecule has 4 rings (SSSR count). The van der Waals surface area contributed by atoms with E-state index in [4.69, 9.17) is 4.52 Å². The smallest absolute Gasteiger partial charge is 0.337 e. The quantitative estimate of drug-likeness (QED) is 0.284. The van der Waals surface area contributed by atoms with Gasteiger partial charge in [0.15, 0.2) is 0 Å². The Morgan fingerprint density at radius 2 is 1.88 bits per heavy atom. The predicted octanol–water partition coefficient (Wildman–Crippen LogP) is 5.73. The molecule has 0 spiro atoms. The number of benzene rings is 2. The highest BCUT2D eigenvalue weighted by atomic mass is 32.2. The van der Waals surface area contributed by atoms with E-state index in [0.29, 0.717) is 28.1 Å². The van der Waals surface area contributed by atoms with Crippen molar-refractivity contribution in [2.45, 2.75) is 16.8 Å². The van der Waals surface area contributed by atoms with Crippen molar-refractivity contribution in [3.63, 3.8) is 0 Å². The molecule has 4 aromatic rings. The minimum Gasteiger partial charge on any atom is -0.337 e. The minimum absolute atomic E-state index is 0.00107. The first kappa shape index (κ1) is 22.5. The molecule has 2 heterocycles. The molecule has 11 heteroatoms. The van der Waals surface area contributed by atoms with Crippen molar-refractivity contribution in [2.24, 2.45) is 0 Å². The molecule has 33 heavy (non-hydrogen) atoms. The zero-order chi connectivity index (χ0) is 23.4. The molecule has 0 saturated heterocycles. The van der Waals surface area contributed by atoms with E-state index in [1.807, 2.05) is 0 Å².